The maximum Gasteiger partial charge on any atom is 0.317 e. The van der Waals surface area contributed by atoms with E-state index in [1.807, 2.05) is 9.80 Å². The van der Waals surface area contributed by atoms with Crippen LogP contribution in [-0.2, 0) is 4.79 Å². The monoisotopic (exact) mass is 281 g/mol. The van der Waals surface area contributed by atoms with Gasteiger partial charge in [-0.1, -0.05) is 0 Å². The van der Waals surface area contributed by atoms with Gasteiger partial charge in [0.15, 0.2) is 0 Å². The number of urea groups is 1. The molecule has 114 valence electrons. The van der Waals surface area contributed by atoms with Crippen molar-refractivity contribution in [1.82, 2.24) is 15.1 Å². The number of amides is 3. The summed E-state index contributed by atoms with van der Waals surface area (Å²) in [7, 11) is 0. The molecule has 1 atom stereocenters. The Labute approximate surface area is 121 Å². The molecule has 1 N–H and O–H groups in total. The quantitative estimate of drug-likeness (QED) is 0.858. The fraction of sp³-hybridized carbons (Fsp3) is 0.867. The second-order valence-corrected chi connectivity index (χ2v) is 7.65. The molecule has 0 aromatic heterocycles. The molecule has 0 bridgehead atoms. The third kappa shape index (κ3) is 2.91. The zero-order valence-corrected chi connectivity index (χ0v) is 13.3. The minimum atomic E-state index is -0.195. The van der Waals surface area contributed by atoms with Gasteiger partial charge in [0.25, 0.3) is 0 Å². The standard InChI is InChI=1S/C15H27N3O2/c1-14(2,3)18-10-11(8-12(18)19)9-15(4,5)17-7-6-16-13(17)20/h11H,6-10H2,1-5H3,(H,16,20). The van der Waals surface area contributed by atoms with E-state index in [-0.39, 0.29) is 23.0 Å². The van der Waals surface area contributed by atoms with Crippen LogP contribution in [0.2, 0.25) is 0 Å². The van der Waals surface area contributed by atoms with Crippen molar-refractivity contribution in [3.63, 3.8) is 0 Å². The lowest BCUT2D eigenvalue weighted by atomic mass is 9.88. The lowest BCUT2D eigenvalue weighted by molar-refractivity contribution is -0.131. The first-order valence-electron chi connectivity index (χ1n) is 7.47. The molecule has 2 fully saturated rings. The minimum absolute atomic E-state index is 0.0204. The molecule has 2 saturated heterocycles. The van der Waals surface area contributed by atoms with Crippen molar-refractivity contribution in [1.29, 1.82) is 0 Å². The molecule has 3 amide bonds. The van der Waals surface area contributed by atoms with Crippen LogP contribution >= 0.6 is 0 Å². The maximum atomic E-state index is 12.1. The van der Waals surface area contributed by atoms with E-state index in [2.05, 4.69) is 39.9 Å². The normalized spacial score (nSPS) is 24.6. The van der Waals surface area contributed by atoms with E-state index in [9.17, 15) is 9.59 Å². The highest BCUT2D eigenvalue weighted by Gasteiger charge is 2.41. The zero-order valence-electron chi connectivity index (χ0n) is 13.3. The van der Waals surface area contributed by atoms with Crippen molar-refractivity contribution in [3.8, 4) is 0 Å². The predicted molar refractivity (Wildman–Crippen MR) is 78.4 cm³/mol. The molecular formula is C15H27N3O2. The van der Waals surface area contributed by atoms with Crippen LogP contribution in [0.25, 0.3) is 0 Å². The first-order chi connectivity index (χ1) is 9.11. The highest BCUT2D eigenvalue weighted by atomic mass is 16.2. The van der Waals surface area contributed by atoms with Crippen LogP contribution < -0.4 is 5.32 Å². The van der Waals surface area contributed by atoms with Gasteiger partial charge in [-0.05, 0) is 47.0 Å². The van der Waals surface area contributed by atoms with Gasteiger partial charge < -0.3 is 15.1 Å². The van der Waals surface area contributed by atoms with Gasteiger partial charge in [-0.2, -0.15) is 0 Å². The van der Waals surface area contributed by atoms with Gasteiger partial charge >= 0.3 is 6.03 Å². The minimum Gasteiger partial charge on any atom is -0.338 e. The SMILES string of the molecule is CC(C)(C)N1CC(CC(C)(C)N2CCNC2=O)CC1=O. The summed E-state index contributed by atoms with van der Waals surface area (Å²) < 4.78 is 0. The molecule has 0 saturated carbocycles. The number of hydrogen-bond donors (Lipinski definition) is 1. The largest absolute Gasteiger partial charge is 0.338 e. The number of nitrogens with one attached hydrogen (secondary N) is 1. The molecule has 2 aliphatic heterocycles. The zero-order chi connectivity index (χ0) is 15.1. The van der Waals surface area contributed by atoms with Crippen LogP contribution in [0, 0.1) is 5.92 Å². The fourth-order valence-corrected chi connectivity index (χ4v) is 3.43. The number of hydrogen-bond acceptors (Lipinski definition) is 2. The van der Waals surface area contributed by atoms with Crippen molar-refractivity contribution in [3.05, 3.63) is 0 Å². The Balaban J connectivity index is 2.01. The number of nitrogens with zero attached hydrogens (tertiary/aromatic N) is 2. The number of carbonyl (C=O) groups is 2. The molecule has 0 aromatic carbocycles. The van der Waals surface area contributed by atoms with E-state index in [4.69, 9.17) is 0 Å². The Hall–Kier alpha value is -1.26. The summed E-state index contributed by atoms with van der Waals surface area (Å²) in [6.07, 6.45) is 1.48. The van der Waals surface area contributed by atoms with Crippen molar-refractivity contribution < 1.29 is 9.59 Å². The first kappa shape index (κ1) is 15.1. The van der Waals surface area contributed by atoms with Crippen LogP contribution in [0.5, 0.6) is 0 Å². The summed E-state index contributed by atoms with van der Waals surface area (Å²) in [5.41, 5.74) is -0.305. The molecular weight excluding hydrogens is 254 g/mol. The van der Waals surface area contributed by atoms with Gasteiger partial charge in [-0.15, -0.1) is 0 Å². The molecule has 0 radical (unpaired) electrons. The summed E-state index contributed by atoms with van der Waals surface area (Å²) >= 11 is 0. The topological polar surface area (TPSA) is 52.6 Å². The number of carbonyl (C=O) groups excluding carboxylic acids is 2. The molecule has 2 rings (SSSR count). The van der Waals surface area contributed by atoms with E-state index >= 15 is 0 Å². The third-order valence-corrected chi connectivity index (χ3v) is 4.39. The third-order valence-electron chi connectivity index (χ3n) is 4.39. The second kappa shape index (κ2) is 4.93. The Bertz CT molecular complexity index is 412. The Morgan fingerprint density at radius 1 is 1.15 bits per heavy atom. The van der Waals surface area contributed by atoms with Gasteiger partial charge in [0, 0.05) is 37.1 Å². The first-order valence-corrected chi connectivity index (χ1v) is 7.47. The van der Waals surface area contributed by atoms with E-state index in [0.29, 0.717) is 12.3 Å². The Morgan fingerprint density at radius 3 is 2.25 bits per heavy atom. The maximum absolute atomic E-state index is 12.1. The van der Waals surface area contributed by atoms with Crippen molar-refractivity contribution in [2.75, 3.05) is 19.6 Å². The summed E-state index contributed by atoms with van der Waals surface area (Å²) in [5, 5.41) is 2.85. The average molecular weight is 281 g/mol. The predicted octanol–water partition coefficient (Wildman–Crippen LogP) is 1.83. The fourth-order valence-electron chi connectivity index (χ4n) is 3.43. The number of rotatable bonds is 3. The number of likely N-dealkylation sites (tertiary alicyclic amines) is 1. The van der Waals surface area contributed by atoms with Gasteiger partial charge in [0.1, 0.15) is 0 Å². The van der Waals surface area contributed by atoms with Crippen molar-refractivity contribution in [2.24, 2.45) is 5.92 Å². The Morgan fingerprint density at radius 2 is 1.80 bits per heavy atom. The highest BCUT2D eigenvalue weighted by molar-refractivity contribution is 5.79. The molecule has 0 aromatic rings. The summed E-state index contributed by atoms with van der Waals surface area (Å²) in [6.45, 7) is 12.7. The molecule has 5 heteroatoms. The van der Waals surface area contributed by atoms with Gasteiger partial charge in [-0.3, -0.25) is 4.79 Å². The van der Waals surface area contributed by atoms with Crippen LogP contribution in [0.3, 0.4) is 0 Å². The molecule has 0 spiro atoms. The molecule has 2 heterocycles. The smallest absolute Gasteiger partial charge is 0.317 e. The van der Waals surface area contributed by atoms with E-state index < -0.39 is 0 Å². The van der Waals surface area contributed by atoms with E-state index in [1.54, 1.807) is 0 Å². The Kier molecular flexibility index (Phi) is 3.73. The summed E-state index contributed by atoms with van der Waals surface area (Å²) in [4.78, 5) is 27.8. The molecule has 20 heavy (non-hydrogen) atoms. The van der Waals surface area contributed by atoms with Crippen LogP contribution in [0.15, 0.2) is 0 Å². The van der Waals surface area contributed by atoms with Gasteiger partial charge in [0.05, 0.1) is 0 Å². The highest BCUT2D eigenvalue weighted by Crippen LogP contribution is 2.33. The van der Waals surface area contributed by atoms with E-state index in [1.165, 1.54) is 0 Å². The average Bonchev–Trinajstić information content (AvgIpc) is 2.83. The molecule has 5 nitrogen and oxygen atoms in total. The molecule has 0 aliphatic carbocycles. The lowest BCUT2D eigenvalue weighted by Gasteiger charge is -2.37. The summed E-state index contributed by atoms with van der Waals surface area (Å²) in [6, 6.07) is 0.0204. The van der Waals surface area contributed by atoms with Crippen LogP contribution in [-0.4, -0.2) is 52.5 Å². The lowest BCUT2D eigenvalue weighted by Crippen LogP contribution is -2.47. The van der Waals surface area contributed by atoms with Crippen LogP contribution in [0.1, 0.15) is 47.5 Å². The van der Waals surface area contributed by atoms with Gasteiger partial charge in [-0.25, -0.2) is 4.79 Å². The van der Waals surface area contributed by atoms with E-state index in [0.717, 1.165) is 26.1 Å². The van der Waals surface area contributed by atoms with Crippen molar-refractivity contribution in [2.45, 2.75) is 58.5 Å². The van der Waals surface area contributed by atoms with Crippen LogP contribution in [0.4, 0.5) is 4.79 Å². The van der Waals surface area contributed by atoms with Gasteiger partial charge in [0.2, 0.25) is 5.91 Å². The molecule has 2 aliphatic rings. The summed E-state index contributed by atoms with van der Waals surface area (Å²) in [5.74, 6) is 0.578. The second-order valence-electron chi connectivity index (χ2n) is 7.65. The van der Waals surface area contributed by atoms with Crippen molar-refractivity contribution >= 4 is 11.9 Å². The molecule has 1 unspecified atom stereocenters.